The summed E-state index contributed by atoms with van der Waals surface area (Å²) in [4.78, 5) is 14.7. The standard InChI is InChI=1S/C47H29N3/c1-3-7-34-24-43-26-40(16-13-37(43)21-32(34)5-1)45-28-46(41-17-14-38-22-33-6-2-4-8-35(33)25-44(38)27-41)50-47(49-45)31-11-9-30(10-12-31)36-15-18-42-29-48-20-19-39(42)23-36/h1-29H. The Labute approximate surface area is 289 Å². The van der Waals surface area contributed by atoms with Crippen LogP contribution in [-0.4, -0.2) is 15.0 Å². The highest BCUT2D eigenvalue weighted by Crippen LogP contribution is 2.34. The van der Waals surface area contributed by atoms with E-state index in [0.29, 0.717) is 5.82 Å². The number of hydrogen-bond acceptors (Lipinski definition) is 3. The Bertz CT molecular complexity index is 2790. The van der Waals surface area contributed by atoms with Gasteiger partial charge in [-0.1, -0.05) is 109 Å². The lowest BCUT2D eigenvalue weighted by molar-refractivity contribution is 1.18. The van der Waals surface area contributed by atoms with Gasteiger partial charge < -0.3 is 0 Å². The summed E-state index contributed by atoms with van der Waals surface area (Å²) in [7, 11) is 0. The van der Waals surface area contributed by atoms with E-state index in [9.17, 15) is 0 Å². The first-order chi connectivity index (χ1) is 24.7. The molecule has 10 rings (SSSR count). The highest BCUT2D eigenvalue weighted by molar-refractivity contribution is 6.01. The second-order valence-corrected chi connectivity index (χ2v) is 13.0. The Hall–Kier alpha value is -6.71. The molecule has 10 aromatic rings. The maximum atomic E-state index is 5.20. The molecular weight excluding hydrogens is 607 g/mol. The topological polar surface area (TPSA) is 38.7 Å². The maximum absolute atomic E-state index is 5.20. The van der Waals surface area contributed by atoms with Crippen LogP contribution in [0.25, 0.3) is 98.9 Å². The number of nitrogens with zero attached hydrogens (tertiary/aromatic N) is 3. The van der Waals surface area contributed by atoms with Crippen molar-refractivity contribution in [2.75, 3.05) is 0 Å². The minimum Gasteiger partial charge on any atom is -0.264 e. The Morgan fingerprint density at radius 1 is 0.280 bits per heavy atom. The van der Waals surface area contributed by atoms with E-state index < -0.39 is 0 Å². The largest absolute Gasteiger partial charge is 0.264 e. The molecule has 232 valence electrons. The van der Waals surface area contributed by atoms with Gasteiger partial charge in [0.25, 0.3) is 0 Å². The molecule has 0 spiro atoms. The van der Waals surface area contributed by atoms with E-state index in [1.807, 2.05) is 12.4 Å². The number of fused-ring (bicyclic) bond motifs is 5. The Balaban J connectivity index is 1.11. The van der Waals surface area contributed by atoms with Crippen molar-refractivity contribution in [1.29, 1.82) is 0 Å². The van der Waals surface area contributed by atoms with Crippen molar-refractivity contribution in [2.24, 2.45) is 0 Å². The van der Waals surface area contributed by atoms with Gasteiger partial charge in [-0.3, -0.25) is 4.98 Å². The maximum Gasteiger partial charge on any atom is 0.160 e. The first-order valence-electron chi connectivity index (χ1n) is 16.9. The van der Waals surface area contributed by atoms with E-state index in [4.69, 9.17) is 9.97 Å². The van der Waals surface area contributed by atoms with Crippen LogP contribution in [0.1, 0.15) is 0 Å². The molecule has 0 saturated heterocycles. The fraction of sp³-hybridized carbons (Fsp3) is 0. The molecule has 0 radical (unpaired) electrons. The Kier molecular flexibility index (Phi) is 6.49. The molecule has 0 aliphatic carbocycles. The fourth-order valence-electron chi connectivity index (χ4n) is 7.15. The van der Waals surface area contributed by atoms with E-state index in [1.165, 1.54) is 48.5 Å². The zero-order valence-electron chi connectivity index (χ0n) is 27.1. The van der Waals surface area contributed by atoms with E-state index >= 15 is 0 Å². The zero-order chi connectivity index (χ0) is 33.0. The van der Waals surface area contributed by atoms with Gasteiger partial charge in [-0.15, -0.1) is 0 Å². The summed E-state index contributed by atoms with van der Waals surface area (Å²) in [6.07, 6.45) is 3.74. The van der Waals surface area contributed by atoms with Gasteiger partial charge in [0, 0.05) is 34.5 Å². The molecular formula is C47H29N3. The van der Waals surface area contributed by atoms with Crippen LogP contribution in [0.5, 0.6) is 0 Å². The molecule has 0 aliphatic rings. The van der Waals surface area contributed by atoms with Gasteiger partial charge in [0.15, 0.2) is 5.82 Å². The zero-order valence-corrected chi connectivity index (χ0v) is 27.1. The molecule has 50 heavy (non-hydrogen) atoms. The fourth-order valence-corrected chi connectivity index (χ4v) is 7.15. The van der Waals surface area contributed by atoms with Crippen molar-refractivity contribution >= 4 is 53.9 Å². The lowest BCUT2D eigenvalue weighted by Crippen LogP contribution is -1.96. The monoisotopic (exact) mass is 635 g/mol. The molecule has 0 amide bonds. The number of hydrogen-bond donors (Lipinski definition) is 0. The average Bonchev–Trinajstić information content (AvgIpc) is 3.18. The van der Waals surface area contributed by atoms with Crippen molar-refractivity contribution in [3.63, 3.8) is 0 Å². The van der Waals surface area contributed by atoms with Crippen molar-refractivity contribution < 1.29 is 0 Å². The number of aromatic nitrogens is 3. The number of rotatable bonds is 4. The van der Waals surface area contributed by atoms with Crippen LogP contribution >= 0.6 is 0 Å². The first kappa shape index (κ1) is 28.3. The molecule has 3 heteroatoms. The summed E-state index contributed by atoms with van der Waals surface area (Å²) < 4.78 is 0. The minimum absolute atomic E-state index is 0.700. The summed E-state index contributed by atoms with van der Waals surface area (Å²) in [5.74, 6) is 0.700. The molecule has 8 aromatic carbocycles. The molecule has 0 atom stereocenters. The second-order valence-electron chi connectivity index (χ2n) is 13.0. The van der Waals surface area contributed by atoms with Crippen LogP contribution in [-0.2, 0) is 0 Å². The van der Waals surface area contributed by atoms with E-state index in [-0.39, 0.29) is 0 Å². The second kappa shape index (κ2) is 11.5. The van der Waals surface area contributed by atoms with Gasteiger partial charge in [-0.25, -0.2) is 9.97 Å². The predicted octanol–water partition coefficient (Wildman–Crippen LogP) is 12.3. The molecule has 2 heterocycles. The third-order valence-corrected chi connectivity index (χ3v) is 9.84. The average molecular weight is 636 g/mol. The van der Waals surface area contributed by atoms with Gasteiger partial charge in [0.1, 0.15) is 0 Å². The SMILES string of the molecule is c1ccc2cc3cc(-c4cc(-c5ccc6cc7ccccc7cc6c5)nc(-c5ccc(-c6ccc7cnccc7c6)cc5)n4)ccc3cc2c1. The van der Waals surface area contributed by atoms with Gasteiger partial charge in [0.2, 0.25) is 0 Å². The van der Waals surface area contributed by atoms with Crippen LogP contribution in [0.3, 0.4) is 0 Å². The van der Waals surface area contributed by atoms with E-state index in [0.717, 1.165) is 44.6 Å². The van der Waals surface area contributed by atoms with Crippen molar-refractivity contribution in [3.05, 3.63) is 176 Å². The smallest absolute Gasteiger partial charge is 0.160 e. The molecule has 0 fully saturated rings. The quantitative estimate of drug-likeness (QED) is 0.181. The van der Waals surface area contributed by atoms with Crippen LogP contribution in [0.15, 0.2) is 176 Å². The molecule has 0 N–H and O–H groups in total. The highest BCUT2D eigenvalue weighted by atomic mass is 14.9. The summed E-state index contributed by atoms with van der Waals surface area (Å²) >= 11 is 0. The van der Waals surface area contributed by atoms with Crippen LogP contribution in [0, 0.1) is 0 Å². The molecule has 0 unspecified atom stereocenters. The predicted molar refractivity (Wildman–Crippen MR) is 209 cm³/mol. The first-order valence-corrected chi connectivity index (χ1v) is 16.9. The molecule has 3 nitrogen and oxygen atoms in total. The lowest BCUT2D eigenvalue weighted by Gasteiger charge is -2.12. The van der Waals surface area contributed by atoms with Crippen molar-refractivity contribution in [1.82, 2.24) is 15.0 Å². The van der Waals surface area contributed by atoms with E-state index in [1.54, 1.807) is 0 Å². The summed E-state index contributed by atoms with van der Waals surface area (Å²) in [5, 5.41) is 12.1. The minimum atomic E-state index is 0.700. The van der Waals surface area contributed by atoms with Crippen molar-refractivity contribution in [3.8, 4) is 45.0 Å². The summed E-state index contributed by atoms with van der Waals surface area (Å²) in [6, 6.07) is 58.6. The Morgan fingerprint density at radius 3 is 1.28 bits per heavy atom. The molecule has 0 aliphatic heterocycles. The third-order valence-electron chi connectivity index (χ3n) is 9.84. The van der Waals surface area contributed by atoms with Gasteiger partial charge in [0.05, 0.1) is 11.4 Å². The van der Waals surface area contributed by atoms with Crippen molar-refractivity contribution in [2.45, 2.75) is 0 Å². The van der Waals surface area contributed by atoms with Gasteiger partial charge >= 0.3 is 0 Å². The molecule has 0 bridgehead atoms. The molecule has 2 aromatic heterocycles. The Morgan fingerprint density at radius 2 is 0.700 bits per heavy atom. The normalized spacial score (nSPS) is 11.6. The summed E-state index contributed by atoms with van der Waals surface area (Å²) in [6.45, 7) is 0. The number of benzene rings is 8. The van der Waals surface area contributed by atoms with E-state index in [2.05, 4.69) is 169 Å². The molecule has 0 saturated carbocycles. The van der Waals surface area contributed by atoms with Crippen LogP contribution < -0.4 is 0 Å². The highest BCUT2D eigenvalue weighted by Gasteiger charge is 2.13. The van der Waals surface area contributed by atoms with Gasteiger partial charge in [-0.2, -0.15) is 0 Å². The summed E-state index contributed by atoms with van der Waals surface area (Å²) in [5.41, 5.74) is 7.20. The number of pyridine rings is 1. The lowest BCUT2D eigenvalue weighted by atomic mass is 9.98. The third kappa shape index (κ3) is 5.04. The van der Waals surface area contributed by atoms with Crippen LogP contribution in [0.4, 0.5) is 0 Å². The van der Waals surface area contributed by atoms with Gasteiger partial charge in [-0.05, 0) is 114 Å². The van der Waals surface area contributed by atoms with Crippen LogP contribution in [0.2, 0.25) is 0 Å².